The topological polar surface area (TPSA) is 201 Å². The number of hydrogen-bond acceptors (Lipinski definition) is 11. The number of H-pyrrole nitrogens is 1. The number of methoxy groups -OCH3 is 1. The first kappa shape index (κ1) is 39.2. The van der Waals surface area contributed by atoms with Crippen molar-refractivity contribution in [3.8, 4) is 5.75 Å². The van der Waals surface area contributed by atoms with Crippen molar-refractivity contribution in [2.24, 2.45) is 0 Å². The van der Waals surface area contributed by atoms with Gasteiger partial charge in [-0.25, -0.2) is 33.7 Å². The number of amides is 1. The van der Waals surface area contributed by atoms with Crippen LogP contribution in [0.2, 0.25) is 0 Å². The molecule has 0 saturated heterocycles. The average molecular weight is 975 g/mol. The van der Waals surface area contributed by atoms with Gasteiger partial charge < -0.3 is 25.6 Å². The van der Waals surface area contributed by atoms with Gasteiger partial charge in [0.15, 0.2) is 11.3 Å². The molecule has 282 valence electrons. The van der Waals surface area contributed by atoms with Crippen LogP contribution in [0.3, 0.4) is 0 Å². The van der Waals surface area contributed by atoms with Gasteiger partial charge in [0.2, 0.25) is 0 Å². The molecule has 0 spiro atoms. The van der Waals surface area contributed by atoms with E-state index in [-0.39, 0.29) is 41.4 Å². The van der Waals surface area contributed by atoms with Crippen molar-refractivity contribution in [1.29, 1.82) is 0 Å². The number of hydroxylamine groups is 1. The highest BCUT2D eigenvalue weighted by Crippen LogP contribution is 2.32. The number of carboxylic acid groups (broad SMARTS) is 1. The van der Waals surface area contributed by atoms with Crippen LogP contribution in [-0.4, -0.2) is 72.4 Å². The predicted molar refractivity (Wildman–Crippen MR) is 216 cm³/mol. The van der Waals surface area contributed by atoms with Crippen LogP contribution in [0.5, 0.6) is 5.75 Å². The van der Waals surface area contributed by atoms with Crippen molar-refractivity contribution in [3.05, 3.63) is 121 Å². The molecule has 0 radical (unpaired) electrons. The maximum Gasteiger partial charge on any atom is 0.339 e. The number of nitrogens with one attached hydrogen (secondary N) is 4. The molecule has 0 aliphatic rings. The molecule has 1 amide bonds. The molecule has 0 atom stereocenters. The summed E-state index contributed by atoms with van der Waals surface area (Å²) in [5, 5.41) is 36.1. The zero-order valence-electron chi connectivity index (χ0n) is 28.5. The number of carboxylic acids is 1. The minimum absolute atomic E-state index is 0.0539. The molecular weight excluding hydrogens is 946 g/mol. The second-order valence-electron chi connectivity index (χ2n) is 11.4. The summed E-state index contributed by atoms with van der Waals surface area (Å²) in [6.07, 6.45) is 5.60. The van der Waals surface area contributed by atoms with Gasteiger partial charge in [-0.2, -0.15) is 10.2 Å². The quantitative estimate of drug-likeness (QED) is 0.0427. The van der Waals surface area contributed by atoms with E-state index >= 15 is 0 Å². The first-order chi connectivity index (χ1) is 26.6. The summed E-state index contributed by atoms with van der Waals surface area (Å²) in [6, 6.07) is 16.9. The zero-order chi connectivity index (χ0) is 39.1. The number of aromatic nitrogens is 6. The van der Waals surface area contributed by atoms with Gasteiger partial charge >= 0.3 is 5.97 Å². The van der Waals surface area contributed by atoms with Crippen molar-refractivity contribution in [2.45, 2.75) is 6.54 Å². The van der Waals surface area contributed by atoms with Crippen LogP contribution in [-0.2, 0) is 11.4 Å². The second-order valence-corrected chi connectivity index (χ2v) is 13.9. The highest BCUT2D eigenvalue weighted by Gasteiger charge is 2.20. The second kappa shape index (κ2) is 17.7. The molecule has 7 aromatic rings. The lowest BCUT2D eigenvalue weighted by Gasteiger charge is -2.13. The van der Waals surface area contributed by atoms with Crippen LogP contribution in [0.25, 0.3) is 22.1 Å². The van der Waals surface area contributed by atoms with Crippen LogP contribution in [0.1, 0.15) is 26.3 Å². The van der Waals surface area contributed by atoms with Gasteiger partial charge in [-0.15, -0.1) is 0 Å². The lowest BCUT2D eigenvalue weighted by Crippen LogP contribution is -2.26. The number of fused-ring (bicyclic) bond motifs is 2. The summed E-state index contributed by atoms with van der Waals surface area (Å²) in [5.41, 5.74) is 5.15. The molecule has 55 heavy (non-hydrogen) atoms. The molecule has 0 unspecified atom stereocenters. The third-order valence-corrected chi connectivity index (χ3v) is 9.20. The van der Waals surface area contributed by atoms with Gasteiger partial charge in [-0.05, 0) is 99.3 Å². The van der Waals surface area contributed by atoms with Crippen LogP contribution >= 0.6 is 45.2 Å². The summed E-state index contributed by atoms with van der Waals surface area (Å²) >= 11 is 4.02. The van der Waals surface area contributed by atoms with Gasteiger partial charge in [-0.1, -0.05) is 12.1 Å². The van der Waals surface area contributed by atoms with Crippen molar-refractivity contribution < 1.29 is 38.2 Å². The van der Waals surface area contributed by atoms with E-state index in [4.69, 9.17) is 14.7 Å². The van der Waals surface area contributed by atoms with Gasteiger partial charge in [0, 0.05) is 19.5 Å². The number of carbonyl (C=O) groups excluding carboxylic acids is 1. The number of carbonyl (C=O) groups is 2. The van der Waals surface area contributed by atoms with Crippen molar-refractivity contribution in [3.63, 3.8) is 0 Å². The number of aromatic carboxylic acids is 1. The summed E-state index contributed by atoms with van der Waals surface area (Å²) < 4.78 is 36.9. The average Bonchev–Trinajstić information content (AvgIpc) is 3.82. The monoisotopic (exact) mass is 975 g/mol. The fourth-order valence-corrected chi connectivity index (χ4v) is 6.12. The number of ether oxygens (including phenoxy) is 1. The summed E-state index contributed by atoms with van der Waals surface area (Å²) in [6.45, 7) is 0.143. The van der Waals surface area contributed by atoms with E-state index in [1.54, 1.807) is 36.1 Å². The lowest BCUT2D eigenvalue weighted by molar-refractivity contribution is 0.0168. The number of halogens is 4. The minimum Gasteiger partial charge on any atom is -0.497 e. The highest BCUT2D eigenvalue weighted by molar-refractivity contribution is 14.1. The van der Waals surface area contributed by atoms with Crippen molar-refractivity contribution in [1.82, 2.24) is 35.4 Å². The molecule has 3 aromatic carbocycles. The predicted octanol–water partition coefficient (Wildman–Crippen LogP) is 6.77. The Morgan fingerprint density at radius 2 is 1.49 bits per heavy atom. The van der Waals surface area contributed by atoms with Gasteiger partial charge in [-0.3, -0.25) is 14.7 Å². The highest BCUT2D eigenvalue weighted by atomic mass is 127. The molecule has 15 nitrogen and oxygen atoms in total. The van der Waals surface area contributed by atoms with E-state index < -0.39 is 23.5 Å². The number of benzene rings is 3. The fourth-order valence-electron chi connectivity index (χ4n) is 5.22. The number of aliphatic hydroxyl groups is 1. The van der Waals surface area contributed by atoms with Gasteiger partial charge in [0.1, 0.15) is 22.9 Å². The van der Waals surface area contributed by atoms with E-state index in [2.05, 4.69) is 41.4 Å². The number of aliphatic hydroxyl groups excluding tert-OH is 1. The van der Waals surface area contributed by atoms with Crippen molar-refractivity contribution >= 4 is 102 Å². The normalized spacial score (nSPS) is 10.9. The Kier molecular flexibility index (Phi) is 12.6. The third kappa shape index (κ3) is 9.24. The Morgan fingerprint density at radius 1 is 0.855 bits per heavy atom. The summed E-state index contributed by atoms with van der Waals surface area (Å²) in [7, 11) is 1.60. The molecule has 0 saturated carbocycles. The standard InChI is InChI=1S/C21H16FIN4O3.C15H13FIN5O3/c1-30-14-5-2-12(3-6-14)11-27-20-15(10-25-27)19(16(9-24-20)21(28)29)26-18-7-4-13(23)8-17(18)22;16-11-5-8(17)1-2-12(11)20-13-9-7-19-21-14(9)18-6-10(13)15(24)22-25-4-3-23/h2-10H,11H2,1H3,(H,24,26)(H,28,29);1-2,5-7,23H,3-4H2,(H,22,24)(H2,18,19,20,21). The molecule has 4 heterocycles. The number of pyridine rings is 2. The number of aromatic amines is 1. The molecule has 0 aliphatic heterocycles. The molecule has 7 rings (SSSR count). The van der Waals surface area contributed by atoms with E-state index in [1.165, 1.54) is 36.9 Å². The molecule has 19 heteroatoms. The van der Waals surface area contributed by atoms with E-state index in [0.717, 1.165) is 18.5 Å². The number of rotatable bonds is 12. The van der Waals surface area contributed by atoms with Crippen LogP contribution in [0.15, 0.2) is 85.5 Å². The van der Waals surface area contributed by atoms with E-state index in [1.807, 2.05) is 69.4 Å². The number of nitrogens with zero attached hydrogens (tertiary/aromatic N) is 5. The molecule has 0 fully saturated rings. The zero-order valence-corrected chi connectivity index (χ0v) is 32.8. The third-order valence-electron chi connectivity index (χ3n) is 7.85. The molecular formula is C36H29F2I2N9O6. The van der Waals surface area contributed by atoms with Crippen LogP contribution in [0, 0.1) is 18.8 Å². The Balaban J connectivity index is 0.000000190. The van der Waals surface area contributed by atoms with Gasteiger partial charge in [0.25, 0.3) is 5.91 Å². The summed E-state index contributed by atoms with van der Waals surface area (Å²) in [5.74, 6) is -1.94. The number of anilines is 4. The van der Waals surface area contributed by atoms with Crippen LogP contribution < -0.4 is 20.9 Å². The first-order valence-corrected chi connectivity index (χ1v) is 18.2. The minimum atomic E-state index is -1.17. The van der Waals surface area contributed by atoms with Gasteiger partial charge in [0.05, 0.1) is 78.3 Å². The largest absolute Gasteiger partial charge is 0.497 e. The fraction of sp³-hybridized carbons (Fsp3) is 0.111. The maximum atomic E-state index is 14.4. The van der Waals surface area contributed by atoms with Crippen LogP contribution in [0.4, 0.5) is 31.5 Å². The van der Waals surface area contributed by atoms with Crippen molar-refractivity contribution in [2.75, 3.05) is 31.0 Å². The summed E-state index contributed by atoms with van der Waals surface area (Å²) in [4.78, 5) is 37.3. The first-order valence-electron chi connectivity index (χ1n) is 16.1. The molecule has 6 N–H and O–H groups in total. The maximum absolute atomic E-state index is 14.4. The Labute approximate surface area is 337 Å². The Bertz CT molecular complexity index is 2500. The van der Waals surface area contributed by atoms with E-state index in [0.29, 0.717) is 34.3 Å². The Morgan fingerprint density at radius 3 is 2.09 bits per heavy atom. The Hall–Kier alpha value is -5.52. The molecule has 0 bridgehead atoms. The SMILES string of the molecule is COc1ccc(Cn2ncc3c(Nc4ccc(I)cc4F)c(C(=O)O)cnc32)cc1.O=C(NOCCO)c1cnc2[nH]ncc2c1Nc1ccc(I)cc1F. The smallest absolute Gasteiger partial charge is 0.339 e. The molecule has 0 aliphatic carbocycles. The van der Waals surface area contributed by atoms with E-state index in [9.17, 15) is 23.5 Å². The molecule has 4 aromatic heterocycles. The lowest BCUT2D eigenvalue weighted by atomic mass is 10.1. The number of hydrogen-bond donors (Lipinski definition) is 6.